The number of para-hydroxylation sites is 1. The zero-order valence-corrected chi connectivity index (χ0v) is 16.3. The van der Waals surface area contributed by atoms with E-state index in [2.05, 4.69) is 19.2 Å². The molecule has 0 bridgehead atoms. The van der Waals surface area contributed by atoms with Crippen LogP contribution in [0.5, 0.6) is 5.75 Å². The van der Waals surface area contributed by atoms with Gasteiger partial charge in [-0.3, -0.25) is 4.79 Å². The summed E-state index contributed by atoms with van der Waals surface area (Å²) >= 11 is 0. The summed E-state index contributed by atoms with van der Waals surface area (Å²) in [5.74, 6) is 0.0164. The van der Waals surface area contributed by atoms with E-state index in [1.54, 1.807) is 6.92 Å². The van der Waals surface area contributed by atoms with Crippen LogP contribution in [0.4, 0.5) is 0 Å². The highest BCUT2D eigenvalue weighted by atomic mass is 16.6. The molecule has 5 heteroatoms. The maximum atomic E-state index is 12.1. The lowest BCUT2D eigenvalue weighted by Gasteiger charge is -2.16. The van der Waals surface area contributed by atoms with E-state index in [4.69, 9.17) is 9.47 Å². The van der Waals surface area contributed by atoms with Gasteiger partial charge in [-0.15, -0.1) is 0 Å². The van der Waals surface area contributed by atoms with Crippen molar-refractivity contribution in [1.82, 2.24) is 5.32 Å². The van der Waals surface area contributed by atoms with Gasteiger partial charge < -0.3 is 14.8 Å². The monoisotopic (exact) mass is 369 g/mol. The van der Waals surface area contributed by atoms with Crippen LogP contribution in [0.1, 0.15) is 43.4 Å². The van der Waals surface area contributed by atoms with E-state index >= 15 is 0 Å². The van der Waals surface area contributed by atoms with Gasteiger partial charge in [-0.2, -0.15) is 0 Å². The van der Waals surface area contributed by atoms with Crippen LogP contribution in [0.3, 0.4) is 0 Å². The number of nitrogens with one attached hydrogen (secondary N) is 1. The predicted molar refractivity (Wildman–Crippen MR) is 105 cm³/mol. The van der Waals surface area contributed by atoms with E-state index < -0.39 is 12.1 Å². The summed E-state index contributed by atoms with van der Waals surface area (Å²) in [5, 5.41) is 2.76. The summed E-state index contributed by atoms with van der Waals surface area (Å²) in [6.07, 6.45) is -0.883. The van der Waals surface area contributed by atoms with Crippen molar-refractivity contribution in [3.63, 3.8) is 0 Å². The van der Waals surface area contributed by atoms with Crippen molar-refractivity contribution in [2.45, 2.75) is 46.3 Å². The first-order chi connectivity index (χ1) is 12.9. The minimum Gasteiger partial charge on any atom is -0.482 e. The van der Waals surface area contributed by atoms with Gasteiger partial charge in [0.05, 0.1) is 0 Å². The van der Waals surface area contributed by atoms with E-state index in [0.717, 1.165) is 16.7 Å². The fraction of sp³-hybridized carbons (Fsp3) is 0.364. The molecule has 1 amide bonds. The number of carbonyl (C=O) groups excluding carboxylic acids is 2. The number of rotatable bonds is 8. The average Bonchev–Trinajstić information content (AvgIpc) is 2.65. The molecule has 1 atom stereocenters. The van der Waals surface area contributed by atoms with E-state index in [1.807, 2.05) is 55.5 Å². The SMILES string of the molecule is Cc1ccc(CNC(=O)[C@H](C)OC(=O)COc2ccccc2C(C)C)cc1. The van der Waals surface area contributed by atoms with E-state index in [1.165, 1.54) is 0 Å². The molecule has 0 fully saturated rings. The third-order valence-electron chi connectivity index (χ3n) is 4.15. The smallest absolute Gasteiger partial charge is 0.344 e. The Bertz CT molecular complexity index is 768. The summed E-state index contributed by atoms with van der Waals surface area (Å²) in [6.45, 7) is 7.82. The molecular formula is C22H27NO4. The van der Waals surface area contributed by atoms with Gasteiger partial charge in [0.1, 0.15) is 5.75 Å². The molecule has 0 unspecified atom stereocenters. The maximum Gasteiger partial charge on any atom is 0.344 e. The number of aryl methyl sites for hydroxylation is 1. The molecule has 5 nitrogen and oxygen atoms in total. The molecule has 0 aliphatic rings. The zero-order valence-electron chi connectivity index (χ0n) is 16.3. The number of ether oxygens (including phenoxy) is 2. The van der Waals surface area contributed by atoms with E-state index in [9.17, 15) is 9.59 Å². The normalized spacial score (nSPS) is 11.7. The molecule has 0 radical (unpaired) electrons. The average molecular weight is 369 g/mol. The van der Waals surface area contributed by atoms with Crippen molar-refractivity contribution < 1.29 is 19.1 Å². The quantitative estimate of drug-likeness (QED) is 0.720. The lowest BCUT2D eigenvalue weighted by Crippen LogP contribution is -2.36. The minimum atomic E-state index is -0.883. The van der Waals surface area contributed by atoms with Gasteiger partial charge in [0.2, 0.25) is 0 Å². The molecule has 0 saturated carbocycles. The van der Waals surface area contributed by atoms with Crippen LogP contribution in [-0.4, -0.2) is 24.6 Å². The van der Waals surface area contributed by atoms with Crippen molar-refractivity contribution in [3.8, 4) is 5.75 Å². The summed E-state index contributed by atoms with van der Waals surface area (Å²) < 4.78 is 10.7. The highest BCUT2D eigenvalue weighted by molar-refractivity contribution is 5.83. The van der Waals surface area contributed by atoms with Gasteiger partial charge in [-0.25, -0.2) is 4.79 Å². The molecule has 1 N–H and O–H groups in total. The molecule has 0 heterocycles. The Morgan fingerprint density at radius 1 is 1.00 bits per heavy atom. The van der Waals surface area contributed by atoms with Gasteiger partial charge in [-0.1, -0.05) is 61.9 Å². The fourth-order valence-electron chi connectivity index (χ4n) is 2.55. The topological polar surface area (TPSA) is 64.6 Å². The van der Waals surface area contributed by atoms with Crippen LogP contribution in [-0.2, 0) is 20.9 Å². The Labute approximate surface area is 160 Å². The number of hydrogen-bond donors (Lipinski definition) is 1. The van der Waals surface area contributed by atoms with Crippen LogP contribution >= 0.6 is 0 Å². The van der Waals surface area contributed by atoms with Crippen LogP contribution in [0.15, 0.2) is 48.5 Å². The summed E-state index contributed by atoms with van der Waals surface area (Å²) in [5.41, 5.74) is 3.17. The number of amides is 1. The van der Waals surface area contributed by atoms with E-state index in [-0.39, 0.29) is 18.4 Å². The maximum absolute atomic E-state index is 12.1. The van der Waals surface area contributed by atoms with Crippen molar-refractivity contribution in [2.75, 3.05) is 6.61 Å². The van der Waals surface area contributed by atoms with Gasteiger partial charge >= 0.3 is 5.97 Å². The molecule has 0 spiro atoms. The summed E-state index contributed by atoms with van der Waals surface area (Å²) in [7, 11) is 0. The van der Waals surface area contributed by atoms with Crippen molar-refractivity contribution in [1.29, 1.82) is 0 Å². The minimum absolute atomic E-state index is 0.237. The molecule has 2 aromatic carbocycles. The lowest BCUT2D eigenvalue weighted by molar-refractivity contribution is -0.156. The highest BCUT2D eigenvalue weighted by Gasteiger charge is 2.18. The Morgan fingerprint density at radius 3 is 2.33 bits per heavy atom. The summed E-state index contributed by atoms with van der Waals surface area (Å²) in [4.78, 5) is 24.1. The van der Waals surface area contributed by atoms with Gasteiger partial charge in [0, 0.05) is 6.54 Å². The molecule has 27 heavy (non-hydrogen) atoms. The Morgan fingerprint density at radius 2 is 1.67 bits per heavy atom. The molecule has 0 aromatic heterocycles. The first-order valence-electron chi connectivity index (χ1n) is 9.11. The second kappa shape index (κ2) is 9.76. The second-order valence-corrected chi connectivity index (χ2v) is 6.82. The Kier molecular flexibility index (Phi) is 7.41. The summed E-state index contributed by atoms with van der Waals surface area (Å²) in [6, 6.07) is 15.4. The number of hydrogen-bond acceptors (Lipinski definition) is 4. The lowest BCUT2D eigenvalue weighted by atomic mass is 10.0. The molecular weight excluding hydrogens is 342 g/mol. The molecule has 0 aliphatic heterocycles. The molecule has 2 rings (SSSR count). The first kappa shape index (κ1) is 20.5. The molecule has 144 valence electrons. The van der Waals surface area contributed by atoms with Crippen molar-refractivity contribution >= 4 is 11.9 Å². The zero-order chi connectivity index (χ0) is 19.8. The van der Waals surface area contributed by atoms with Crippen LogP contribution < -0.4 is 10.1 Å². The Balaban J connectivity index is 1.79. The second-order valence-electron chi connectivity index (χ2n) is 6.82. The fourth-order valence-corrected chi connectivity index (χ4v) is 2.55. The molecule has 0 saturated heterocycles. The van der Waals surface area contributed by atoms with Crippen LogP contribution in [0.2, 0.25) is 0 Å². The molecule has 0 aliphatic carbocycles. The number of esters is 1. The van der Waals surface area contributed by atoms with E-state index in [0.29, 0.717) is 12.3 Å². The first-order valence-corrected chi connectivity index (χ1v) is 9.11. The van der Waals surface area contributed by atoms with Crippen LogP contribution in [0.25, 0.3) is 0 Å². The van der Waals surface area contributed by atoms with Crippen LogP contribution in [0, 0.1) is 6.92 Å². The largest absolute Gasteiger partial charge is 0.482 e. The highest BCUT2D eigenvalue weighted by Crippen LogP contribution is 2.25. The Hall–Kier alpha value is -2.82. The standard InChI is InChI=1S/C22H27NO4/c1-15(2)19-7-5-6-8-20(19)26-14-21(24)27-17(4)22(25)23-13-18-11-9-16(3)10-12-18/h5-12,15,17H,13-14H2,1-4H3,(H,23,25)/t17-/m0/s1. The number of benzene rings is 2. The predicted octanol–water partition coefficient (Wildman–Crippen LogP) is 3.75. The van der Waals surface area contributed by atoms with Gasteiger partial charge in [0.25, 0.3) is 5.91 Å². The van der Waals surface area contributed by atoms with Crippen molar-refractivity contribution in [3.05, 3.63) is 65.2 Å². The third-order valence-corrected chi connectivity index (χ3v) is 4.15. The van der Waals surface area contributed by atoms with Gasteiger partial charge in [0.15, 0.2) is 12.7 Å². The van der Waals surface area contributed by atoms with Crippen molar-refractivity contribution in [2.24, 2.45) is 0 Å². The molecule has 2 aromatic rings. The number of carbonyl (C=O) groups is 2. The third kappa shape index (κ3) is 6.44. The van der Waals surface area contributed by atoms with Gasteiger partial charge in [-0.05, 0) is 37.0 Å².